The van der Waals surface area contributed by atoms with Gasteiger partial charge in [0.05, 0.1) is 12.0 Å². The summed E-state index contributed by atoms with van der Waals surface area (Å²) in [6, 6.07) is 16.0. The smallest absolute Gasteiger partial charge is 0.149 e. The largest absolute Gasteiger partial charge is 0.383 e. The Balaban J connectivity index is 2.70. The van der Waals surface area contributed by atoms with Gasteiger partial charge >= 0.3 is 0 Å². The average Bonchev–Trinajstić information content (AvgIpc) is 2.65. The van der Waals surface area contributed by atoms with Crippen LogP contribution in [0.5, 0.6) is 0 Å². The van der Waals surface area contributed by atoms with Crippen LogP contribution in [0.25, 0.3) is 0 Å². The zero-order valence-electron chi connectivity index (χ0n) is 15.1. The highest BCUT2D eigenvalue weighted by atomic mass is 15.2. The maximum Gasteiger partial charge on any atom is 0.149 e. The molecule has 26 heavy (non-hydrogen) atoms. The molecular weight excluding hydrogens is 324 g/mol. The molecule has 2 aromatic rings. The van der Waals surface area contributed by atoms with E-state index in [0.29, 0.717) is 17.8 Å². The number of nitriles is 3. The van der Waals surface area contributed by atoms with Gasteiger partial charge in [-0.3, -0.25) is 0 Å². The molecule has 6 nitrogen and oxygen atoms in total. The van der Waals surface area contributed by atoms with Crippen molar-refractivity contribution in [2.45, 2.75) is 32.2 Å². The zero-order chi connectivity index (χ0) is 19.3. The summed E-state index contributed by atoms with van der Waals surface area (Å²) in [4.78, 5) is 6.09. The summed E-state index contributed by atoms with van der Waals surface area (Å²) in [5.74, 6) is -0.245. The molecule has 2 N–H and O–H groups in total. The van der Waals surface area contributed by atoms with Crippen molar-refractivity contribution in [1.29, 1.82) is 15.8 Å². The number of hydrogen-bond donors (Lipinski definition) is 1. The molecule has 0 saturated carbocycles. The highest BCUT2D eigenvalue weighted by Gasteiger charge is 2.27. The first kappa shape index (κ1) is 18.8. The Bertz CT molecular complexity index is 913. The number of nitrogen functional groups attached to an aromatic ring is 1. The Labute approximate surface area is 153 Å². The summed E-state index contributed by atoms with van der Waals surface area (Å²) >= 11 is 0. The molecule has 0 radical (unpaired) electrons. The number of benzene rings is 1. The van der Waals surface area contributed by atoms with E-state index in [2.05, 4.69) is 17.1 Å². The van der Waals surface area contributed by atoms with Gasteiger partial charge in [0, 0.05) is 18.7 Å². The van der Waals surface area contributed by atoms with Gasteiger partial charge in [0.1, 0.15) is 34.9 Å². The monoisotopic (exact) mass is 344 g/mol. The van der Waals surface area contributed by atoms with E-state index in [9.17, 15) is 15.8 Å². The van der Waals surface area contributed by atoms with Gasteiger partial charge in [0.25, 0.3) is 0 Å². The Morgan fingerprint density at radius 2 is 1.69 bits per heavy atom. The van der Waals surface area contributed by atoms with E-state index < -0.39 is 5.92 Å². The molecule has 0 aliphatic rings. The van der Waals surface area contributed by atoms with Crippen molar-refractivity contribution in [3.63, 3.8) is 0 Å². The van der Waals surface area contributed by atoms with Gasteiger partial charge in [-0.05, 0) is 25.8 Å². The van der Waals surface area contributed by atoms with Crippen LogP contribution in [0.15, 0.2) is 30.3 Å². The van der Waals surface area contributed by atoms with E-state index in [1.165, 1.54) is 0 Å². The predicted molar refractivity (Wildman–Crippen MR) is 100 cm³/mol. The fourth-order valence-electron chi connectivity index (χ4n) is 2.75. The van der Waals surface area contributed by atoms with E-state index in [1.54, 1.807) is 0 Å². The van der Waals surface area contributed by atoms with E-state index in [0.717, 1.165) is 5.56 Å². The van der Waals surface area contributed by atoms with Crippen LogP contribution in [0.3, 0.4) is 0 Å². The van der Waals surface area contributed by atoms with Crippen LogP contribution in [-0.2, 0) is 6.42 Å². The third kappa shape index (κ3) is 3.58. The van der Waals surface area contributed by atoms with Crippen molar-refractivity contribution in [2.75, 3.05) is 17.7 Å². The lowest BCUT2D eigenvalue weighted by molar-refractivity contribution is 0.739. The first-order chi connectivity index (χ1) is 12.4. The van der Waals surface area contributed by atoms with Crippen LogP contribution in [0, 0.1) is 34.0 Å². The van der Waals surface area contributed by atoms with Crippen LogP contribution < -0.4 is 10.6 Å². The van der Waals surface area contributed by atoms with E-state index in [-0.39, 0.29) is 23.0 Å². The maximum atomic E-state index is 9.77. The molecule has 0 spiro atoms. The van der Waals surface area contributed by atoms with Crippen molar-refractivity contribution < 1.29 is 0 Å². The molecule has 0 aliphatic heterocycles. The lowest BCUT2D eigenvalue weighted by atomic mass is 9.87. The van der Waals surface area contributed by atoms with Crippen LogP contribution in [0.4, 0.5) is 11.6 Å². The molecule has 0 bridgehead atoms. The number of rotatable bonds is 5. The average molecular weight is 344 g/mol. The standard InChI is InChI=1S/C20H20N6/c1-13(2)26(3)20-17(12-23)18(16(11-22)19(24)25-20)15(10-21)9-14-7-5-4-6-8-14/h4-8,13,15H,9H2,1-3H3,(H2,24,25)/t15-/m1/s1. The number of aromatic nitrogens is 1. The van der Waals surface area contributed by atoms with Crippen LogP contribution in [-0.4, -0.2) is 18.1 Å². The fourth-order valence-corrected chi connectivity index (χ4v) is 2.75. The van der Waals surface area contributed by atoms with Gasteiger partial charge in [-0.1, -0.05) is 30.3 Å². The molecule has 0 aliphatic carbocycles. The van der Waals surface area contributed by atoms with Crippen molar-refractivity contribution in [2.24, 2.45) is 0 Å². The number of hydrogen-bond acceptors (Lipinski definition) is 6. The second-order valence-corrected chi connectivity index (χ2v) is 6.28. The van der Waals surface area contributed by atoms with Gasteiger partial charge in [-0.25, -0.2) is 4.98 Å². The normalized spacial score (nSPS) is 11.3. The maximum absolute atomic E-state index is 9.77. The van der Waals surface area contributed by atoms with Gasteiger partial charge in [0.2, 0.25) is 0 Å². The molecular formula is C20H20N6. The summed E-state index contributed by atoms with van der Waals surface area (Å²) in [6.07, 6.45) is 0.384. The predicted octanol–water partition coefficient (Wildman–Crippen LogP) is 3.10. The molecule has 0 unspecified atom stereocenters. The highest BCUT2D eigenvalue weighted by molar-refractivity contribution is 5.70. The lowest BCUT2D eigenvalue weighted by Crippen LogP contribution is -2.28. The number of nitrogens with zero attached hydrogens (tertiary/aromatic N) is 5. The summed E-state index contributed by atoms with van der Waals surface area (Å²) in [7, 11) is 1.81. The molecule has 1 heterocycles. The molecule has 1 aromatic carbocycles. The first-order valence-electron chi connectivity index (χ1n) is 8.24. The Morgan fingerprint density at radius 3 is 2.19 bits per heavy atom. The first-order valence-corrected chi connectivity index (χ1v) is 8.24. The van der Waals surface area contributed by atoms with E-state index >= 15 is 0 Å². The third-order valence-electron chi connectivity index (χ3n) is 4.36. The zero-order valence-corrected chi connectivity index (χ0v) is 15.1. The van der Waals surface area contributed by atoms with Gasteiger partial charge < -0.3 is 10.6 Å². The topological polar surface area (TPSA) is 114 Å². The third-order valence-corrected chi connectivity index (χ3v) is 4.36. The second-order valence-electron chi connectivity index (χ2n) is 6.28. The van der Waals surface area contributed by atoms with Gasteiger partial charge in [0.15, 0.2) is 0 Å². The molecule has 0 amide bonds. The summed E-state index contributed by atoms with van der Waals surface area (Å²) < 4.78 is 0. The molecule has 0 saturated heterocycles. The van der Waals surface area contributed by atoms with Crippen molar-refractivity contribution in [3.05, 3.63) is 52.6 Å². The van der Waals surface area contributed by atoms with Crippen LogP contribution in [0.2, 0.25) is 0 Å². The van der Waals surface area contributed by atoms with E-state index in [4.69, 9.17) is 5.73 Å². The number of anilines is 2. The number of nitrogens with two attached hydrogens (primary N) is 1. The Morgan fingerprint density at radius 1 is 1.08 bits per heavy atom. The second kappa shape index (κ2) is 8.01. The van der Waals surface area contributed by atoms with Crippen molar-refractivity contribution >= 4 is 11.6 Å². The summed E-state index contributed by atoms with van der Waals surface area (Å²) in [5, 5.41) is 29.1. The number of pyridine rings is 1. The molecule has 1 atom stereocenters. The highest BCUT2D eigenvalue weighted by Crippen LogP contribution is 2.34. The van der Waals surface area contributed by atoms with Crippen molar-refractivity contribution in [3.8, 4) is 18.2 Å². The Hall–Kier alpha value is -3.56. The SMILES string of the molecule is CC(C)N(C)c1nc(N)c(C#N)c([C@@H](C#N)Cc2ccccc2)c1C#N. The molecule has 0 fully saturated rings. The lowest BCUT2D eigenvalue weighted by Gasteiger charge is -2.26. The van der Waals surface area contributed by atoms with Crippen LogP contribution in [0.1, 0.15) is 42.0 Å². The fraction of sp³-hybridized carbons (Fsp3) is 0.300. The minimum Gasteiger partial charge on any atom is -0.383 e. The molecule has 2 rings (SSSR count). The summed E-state index contributed by atoms with van der Waals surface area (Å²) in [5.41, 5.74) is 7.64. The quantitative estimate of drug-likeness (QED) is 0.891. The van der Waals surface area contributed by atoms with E-state index in [1.807, 2.05) is 62.2 Å². The minimum absolute atomic E-state index is 0.0392. The molecule has 130 valence electrons. The summed E-state index contributed by atoms with van der Waals surface area (Å²) in [6.45, 7) is 3.92. The van der Waals surface area contributed by atoms with Crippen molar-refractivity contribution in [1.82, 2.24) is 4.98 Å². The Kier molecular flexibility index (Phi) is 5.78. The minimum atomic E-state index is -0.675. The van der Waals surface area contributed by atoms with Gasteiger partial charge in [-0.15, -0.1) is 0 Å². The van der Waals surface area contributed by atoms with Crippen LogP contribution >= 0.6 is 0 Å². The van der Waals surface area contributed by atoms with Gasteiger partial charge in [-0.2, -0.15) is 15.8 Å². The molecule has 6 heteroatoms. The molecule has 1 aromatic heterocycles.